The summed E-state index contributed by atoms with van der Waals surface area (Å²) in [6.45, 7) is 6.71. The van der Waals surface area contributed by atoms with Gasteiger partial charge in [-0.15, -0.1) is 0 Å². The highest BCUT2D eigenvalue weighted by molar-refractivity contribution is 8.13. The molecule has 0 unspecified atom stereocenters. The monoisotopic (exact) mass is 291 g/mol. The maximum atomic E-state index is 11.8. The molecule has 0 spiro atoms. The van der Waals surface area contributed by atoms with Gasteiger partial charge in [0.2, 0.25) is 5.91 Å². The number of rotatable bonds is 10. The highest BCUT2D eigenvalue weighted by Crippen LogP contribution is 2.14. The second-order valence-electron chi connectivity index (χ2n) is 4.30. The Hall–Kier alpha value is -0.590. The van der Waals surface area contributed by atoms with Gasteiger partial charge in [0.05, 0.1) is 18.6 Å². The topological polar surface area (TPSA) is 75.6 Å². The minimum atomic E-state index is -0.767. The minimum Gasteiger partial charge on any atom is -0.390 e. The van der Waals surface area contributed by atoms with Crippen molar-refractivity contribution in [1.82, 2.24) is 5.32 Å². The van der Waals surface area contributed by atoms with E-state index in [1.165, 1.54) is 0 Å². The van der Waals surface area contributed by atoms with Gasteiger partial charge in [0, 0.05) is 25.3 Å². The van der Waals surface area contributed by atoms with Crippen LogP contribution in [0.5, 0.6) is 0 Å². The van der Waals surface area contributed by atoms with E-state index in [9.17, 15) is 14.7 Å². The molecule has 6 heteroatoms. The SMILES string of the molecule is CCCOC[C@@H](O)[C@H](C)C(=O)SCCNC(=O)CC. The molecule has 2 atom stereocenters. The van der Waals surface area contributed by atoms with Gasteiger partial charge in [-0.3, -0.25) is 9.59 Å². The van der Waals surface area contributed by atoms with Crippen LogP contribution in [0.4, 0.5) is 0 Å². The third-order valence-electron chi connectivity index (χ3n) is 2.58. The van der Waals surface area contributed by atoms with E-state index in [0.717, 1.165) is 18.2 Å². The van der Waals surface area contributed by atoms with Crippen molar-refractivity contribution in [2.45, 2.75) is 39.7 Å². The number of hydrogen-bond donors (Lipinski definition) is 2. The van der Waals surface area contributed by atoms with Crippen LogP contribution in [0.2, 0.25) is 0 Å². The molecule has 2 N–H and O–H groups in total. The van der Waals surface area contributed by atoms with Crippen LogP contribution < -0.4 is 5.32 Å². The molecule has 0 saturated heterocycles. The Morgan fingerprint density at radius 3 is 2.63 bits per heavy atom. The van der Waals surface area contributed by atoms with Crippen molar-refractivity contribution in [3.8, 4) is 0 Å². The van der Waals surface area contributed by atoms with Crippen molar-refractivity contribution in [3.63, 3.8) is 0 Å². The Labute approximate surface area is 119 Å². The van der Waals surface area contributed by atoms with Crippen molar-refractivity contribution in [1.29, 1.82) is 0 Å². The van der Waals surface area contributed by atoms with Gasteiger partial charge in [0.15, 0.2) is 5.12 Å². The van der Waals surface area contributed by atoms with E-state index in [1.807, 2.05) is 6.92 Å². The Bertz CT molecular complexity index is 273. The number of aliphatic hydroxyl groups is 1. The van der Waals surface area contributed by atoms with E-state index in [4.69, 9.17) is 4.74 Å². The lowest BCUT2D eigenvalue weighted by atomic mass is 10.1. The molecule has 19 heavy (non-hydrogen) atoms. The predicted octanol–water partition coefficient (Wildman–Crippen LogP) is 1.20. The van der Waals surface area contributed by atoms with E-state index in [1.54, 1.807) is 13.8 Å². The molecule has 0 aromatic heterocycles. The molecule has 112 valence electrons. The van der Waals surface area contributed by atoms with Crippen LogP contribution in [0.3, 0.4) is 0 Å². The summed E-state index contributed by atoms with van der Waals surface area (Å²) >= 11 is 1.14. The van der Waals surface area contributed by atoms with Crippen molar-refractivity contribution in [2.75, 3.05) is 25.5 Å². The molecule has 0 bridgehead atoms. The average Bonchev–Trinajstić information content (AvgIpc) is 2.42. The summed E-state index contributed by atoms with van der Waals surface area (Å²) in [4.78, 5) is 22.7. The van der Waals surface area contributed by atoms with E-state index >= 15 is 0 Å². The highest BCUT2D eigenvalue weighted by Gasteiger charge is 2.22. The van der Waals surface area contributed by atoms with Gasteiger partial charge in [-0.05, 0) is 6.42 Å². The maximum Gasteiger partial charge on any atom is 0.219 e. The second kappa shape index (κ2) is 11.3. The van der Waals surface area contributed by atoms with Crippen LogP contribution in [0.15, 0.2) is 0 Å². The van der Waals surface area contributed by atoms with Crippen LogP contribution in [0.25, 0.3) is 0 Å². The van der Waals surface area contributed by atoms with Crippen molar-refractivity contribution in [3.05, 3.63) is 0 Å². The van der Waals surface area contributed by atoms with E-state index in [-0.39, 0.29) is 17.6 Å². The van der Waals surface area contributed by atoms with Gasteiger partial charge in [-0.2, -0.15) is 0 Å². The average molecular weight is 291 g/mol. The largest absolute Gasteiger partial charge is 0.390 e. The lowest BCUT2D eigenvalue weighted by Gasteiger charge is -2.17. The lowest BCUT2D eigenvalue weighted by Crippen LogP contribution is -2.30. The van der Waals surface area contributed by atoms with E-state index in [2.05, 4.69) is 5.32 Å². The number of ether oxygens (including phenoxy) is 1. The van der Waals surface area contributed by atoms with Gasteiger partial charge in [0.25, 0.3) is 0 Å². The molecule has 0 aliphatic carbocycles. The van der Waals surface area contributed by atoms with Gasteiger partial charge >= 0.3 is 0 Å². The molecule has 1 amide bonds. The first-order valence-electron chi connectivity index (χ1n) is 6.72. The molecule has 0 saturated carbocycles. The van der Waals surface area contributed by atoms with Crippen LogP contribution in [-0.4, -0.2) is 47.7 Å². The van der Waals surface area contributed by atoms with Crippen LogP contribution in [0, 0.1) is 5.92 Å². The standard InChI is InChI=1S/C13H25NO4S/c1-4-7-18-9-11(15)10(3)13(17)19-8-6-14-12(16)5-2/h10-11,15H,4-9H2,1-3H3,(H,14,16)/t10-,11+/m0/s1. The summed E-state index contributed by atoms with van der Waals surface area (Å²) in [6.07, 6.45) is 0.570. The predicted molar refractivity (Wildman–Crippen MR) is 77.0 cm³/mol. The Morgan fingerprint density at radius 2 is 2.05 bits per heavy atom. The Kier molecular flexibility index (Phi) is 10.9. The molecule has 0 aliphatic heterocycles. The van der Waals surface area contributed by atoms with Crippen molar-refractivity contribution < 1.29 is 19.4 Å². The third-order valence-corrected chi connectivity index (χ3v) is 3.64. The number of nitrogens with one attached hydrogen (secondary N) is 1. The van der Waals surface area contributed by atoms with E-state index in [0.29, 0.717) is 25.3 Å². The van der Waals surface area contributed by atoms with Gasteiger partial charge < -0.3 is 15.2 Å². The van der Waals surface area contributed by atoms with Gasteiger partial charge in [-0.1, -0.05) is 32.5 Å². The number of hydrogen-bond acceptors (Lipinski definition) is 5. The quantitative estimate of drug-likeness (QED) is 0.591. The maximum absolute atomic E-state index is 11.8. The first-order chi connectivity index (χ1) is 9.02. The van der Waals surface area contributed by atoms with Crippen molar-refractivity contribution >= 4 is 22.8 Å². The molecule has 0 aromatic carbocycles. The molecule has 0 aromatic rings. The summed E-state index contributed by atoms with van der Waals surface area (Å²) in [5, 5.41) is 12.4. The third kappa shape index (κ3) is 9.02. The molecular weight excluding hydrogens is 266 g/mol. The van der Waals surface area contributed by atoms with Gasteiger partial charge in [-0.25, -0.2) is 0 Å². The van der Waals surface area contributed by atoms with Crippen LogP contribution >= 0.6 is 11.8 Å². The summed E-state index contributed by atoms with van der Waals surface area (Å²) < 4.78 is 5.22. The molecule has 5 nitrogen and oxygen atoms in total. The minimum absolute atomic E-state index is 0.0194. The molecular formula is C13H25NO4S. The van der Waals surface area contributed by atoms with Crippen LogP contribution in [-0.2, 0) is 14.3 Å². The number of aliphatic hydroxyl groups excluding tert-OH is 1. The highest BCUT2D eigenvalue weighted by atomic mass is 32.2. The fourth-order valence-electron chi connectivity index (χ4n) is 1.25. The summed E-state index contributed by atoms with van der Waals surface area (Å²) in [6, 6.07) is 0. The zero-order valence-corrected chi connectivity index (χ0v) is 12.8. The Morgan fingerprint density at radius 1 is 1.37 bits per heavy atom. The molecule has 0 radical (unpaired) electrons. The molecule has 0 fully saturated rings. The molecule has 0 heterocycles. The zero-order valence-electron chi connectivity index (χ0n) is 12.0. The second-order valence-corrected chi connectivity index (χ2v) is 5.40. The smallest absolute Gasteiger partial charge is 0.219 e. The lowest BCUT2D eigenvalue weighted by molar-refractivity contribution is -0.121. The van der Waals surface area contributed by atoms with E-state index < -0.39 is 12.0 Å². The first-order valence-corrected chi connectivity index (χ1v) is 7.70. The molecule has 0 rings (SSSR count). The summed E-state index contributed by atoms with van der Waals surface area (Å²) in [5.74, 6) is 0.0510. The normalized spacial score (nSPS) is 13.9. The fraction of sp³-hybridized carbons (Fsp3) is 0.846. The number of amides is 1. The van der Waals surface area contributed by atoms with Gasteiger partial charge in [0.1, 0.15) is 0 Å². The van der Waals surface area contributed by atoms with Crippen molar-refractivity contribution in [2.24, 2.45) is 5.92 Å². The summed E-state index contributed by atoms with van der Waals surface area (Å²) in [5.41, 5.74) is 0. The fourth-order valence-corrected chi connectivity index (χ4v) is 2.07. The zero-order chi connectivity index (χ0) is 14.7. The number of carbonyl (C=O) groups is 2. The van der Waals surface area contributed by atoms with Crippen LogP contribution in [0.1, 0.15) is 33.6 Å². The Balaban J connectivity index is 3.77. The molecule has 0 aliphatic rings. The number of thioether (sulfide) groups is 1. The summed E-state index contributed by atoms with van der Waals surface area (Å²) in [7, 11) is 0. The first kappa shape index (κ1) is 18.4. The number of carbonyl (C=O) groups excluding carboxylic acids is 2.